The van der Waals surface area contributed by atoms with Crippen molar-refractivity contribution in [1.82, 2.24) is 4.90 Å². The van der Waals surface area contributed by atoms with E-state index in [2.05, 4.69) is 0 Å². The Kier molecular flexibility index (Phi) is 4.53. The maximum absolute atomic E-state index is 12.1. The summed E-state index contributed by atoms with van der Waals surface area (Å²) in [5.41, 5.74) is 0.667. The maximum Gasteiger partial charge on any atom is 0.293 e. The van der Waals surface area contributed by atoms with E-state index in [4.69, 9.17) is 27.6 Å². The van der Waals surface area contributed by atoms with E-state index in [0.29, 0.717) is 38.6 Å². The van der Waals surface area contributed by atoms with Crippen molar-refractivity contribution in [2.24, 2.45) is 0 Å². The molecule has 2 amide bonds. The summed E-state index contributed by atoms with van der Waals surface area (Å²) in [5.74, 6) is 0.706. The third kappa shape index (κ3) is 3.17. The zero-order valence-electron chi connectivity index (χ0n) is 12.0. The molecule has 0 bridgehead atoms. The Bertz CT molecular complexity index is 828. The molecule has 0 saturated carbocycles. The SMILES string of the molecule is CCN1C(=O)S/C(=C/c2ccc(-c3cc(Cl)ccc3Cl)o2)C1=O. The molecule has 2 aromatic rings. The molecule has 7 heteroatoms. The fraction of sp³-hybridized carbons (Fsp3) is 0.125. The third-order valence-corrected chi connectivity index (χ3v) is 4.76. The first kappa shape index (κ1) is 16.2. The lowest BCUT2D eigenvalue weighted by molar-refractivity contribution is -0.122. The van der Waals surface area contributed by atoms with Crippen LogP contribution in [0.4, 0.5) is 4.79 Å². The average Bonchev–Trinajstić information content (AvgIpc) is 3.07. The van der Waals surface area contributed by atoms with E-state index in [0.717, 1.165) is 11.8 Å². The van der Waals surface area contributed by atoms with Gasteiger partial charge in [0.15, 0.2) is 0 Å². The minimum Gasteiger partial charge on any atom is -0.457 e. The van der Waals surface area contributed by atoms with Gasteiger partial charge in [-0.3, -0.25) is 14.5 Å². The van der Waals surface area contributed by atoms with E-state index in [1.807, 2.05) is 0 Å². The Morgan fingerprint density at radius 1 is 1.22 bits per heavy atom. The van der Waals surface area contributed by atoms with Gasteiger partial charge in [-0.05, 0) is 49.0 Å². The highest BCUT2D eigenvalue weighted by atomic mass is 35.5. The first-order chi connectivity index (χ1) is 11.0. The number of carbonyl (C=O) groups excluding carboxylic acids is 2. The lowest BCUT2D eigenvalue weighted by Gasteiger charge is -2.06. The number of hydrogen-bond acceptors (Lipinski definition) is 4. The van der Waals surface area contributed by atoms with E-state index in [1.54, 1.807) is 43.3 Å². The second-order valence-corrected chi connectivity index (χ2v) is 6.59. The summed E-state index contributed by atoms with van der Waals surface area (Å²) in [6.45, 7) is 2.11. The van der Waals surface area contributed by atoms with Crippen molar-refractivity contribution in [3.63, 3.8) is 0 Å². The molecule has 0 N–H and O–H groups in total. The monoisotopic (exact) mass is 367 g/mol. The van der Waals surface area contributed by atoms with Crippen LogP contribution in [0.25, 0.3) is 17.4 Å². The molecule has 2 heterocycles. The number of furan rings is 1. The first-order valence-electron chi connectivity index (χ1n) is 6.80. The van der Waals surface area contributed by atoms with Gasteiger partial charge in [0.2, 0.25) is 0 Å². The molecule has 1 aliphatic rings. The maximum atomic E-state index is 12.1. The van der Waals surface area contributed by atoms with Crippen molar-refractivity contribution in [1.29, 1.82) is 0 Å². The largest absolute Gasteiger partial charge is 0.457 e. The van der Waals surface area contributed by atoms with Gasteiger partial charge in [-0.1, -0.05) is 23.2 Å². The van der Waals surface area contributed by atoms with Crippen LogP contribution >= 0.6 is 35.0 Å². The van der Waals surface area contributed by atoms with Crippen molar-refractivity contribution < 1.29 is 14.0 Å². The number of rotatable bonds is 3. The van der Waals surface area contributed by atoms with Crippen molar-refractivity contribution in [2.75, 3.05) is 6.54 Å². The van der Waals surface area contributed by atoms with E-state index >= 15 is 0 Å². The molecule has 0 aliphatic carbocycles. The second kappa shape index (κ2) is 6.43. The summed E-state index contributed by atoms with van der Waals surface area (Å²) in [6, 6.07) is 8.55. The molecule has 23 heavy (non-hydrogen) atoms. The van der Waals surface area contributed by atoms with Crippen LogP contribution in [0.1, 0.15) is 12.7 Å². The van der Waals surface area contributed by atoms with Gasteiger partial charge < -0.3 is 4.42 Å². The van der Waals surface area contributed by atoms with Gasteiger partial charge >= 0.3 is 0 Å². The second-order valence-electron chi connectivity index (χ2n) is 4.75. The lowest BCUT2D eigenvalue weighted by Crippen LogP contribution is -2.27. The van der Waals surface area contributed by atoms with E-state index < -0.39 is 0 Å². The van der Waals surface area contributed by atoms with Gasteiger partial charge in [-0.25, -0.2) is 0 Å². The molecular formula is C16H11Cl2NO3S. The third-order valence-electron chi connectivity index (χ3n) is 3.28. The van der Waals surface area contributed by atoms with Gasteiger partial charge in [0.05, 0.1) is 9.93 Å². The number of nitrogens with zero attached hydrogens (tertiary/aromatic N) is 1. The molecule has 3 rings (SSSR count). The van der Waals surface area contributed by atoms with Crippen molar-refractivity contribution in [3.05, 3.63) is 51.0 Å². The van der Waals surface area contributed by atoms with E-state index in [1.165, 1.54) is 4.90 Å². The van der Waals surface area contributed by atoms with Crippen LogP contribution in [-0.2, 0) is 4.79 Å². The van der Waals surface area contributed by atoms with Gasteiger partial charge in [-0.2, -0.15) is 0 Å². The highest BCUT2D eigenvalue weighted by Gasteiger charge is 2.33. The molecule has 0 radical (unpaired) electrons. The Labute approximate surface area is 147 Å². The summed E-state index contributed by atoms with van der Waals surface area (Å²) in [4.78, 5) is 25.3. The number of amides is 2. The average molecular weight is 368 g/mol. The van der Waals surface area contributed by atoms with Crippen LogP contribution in [0.2, 0.25) is 10.0 Å². The van der Waals surface area contributed by atoms with Gasteiger partial charge in [0.1, 0.15) is 11.5 Å². The zero-order chi connectivity index (χ0) is 16.6. The molecule has 1 aromatic heterocycles. The number of likely N-dealkylation sites (N-methyl/N-ethyl adjacent to an activating group) is 1. The Balaban J connectivity index is 1.91. The molecule has 1 fully saturated rings. The fourth-order valence-corrected chi connectivity index (χ4v) is 3.43. The molecule has 0 unspecified atom stereocenters. The molecule has 118 valence electrons. The first-order valence-corrected chi connectivity index (χ1v) is 8.37. The highest BCUT2D eigenvalue weighted by Crippen LogP contribution is 2.35. The van der Waals surface area contributed by atoms with Crippen molar-refractivity contribution in [3.8, 4) is 11.3 Å². The predicted molar refractivity (Wildman–Crippen MR) is 92.5 cm³/mol. The Morgan fingerprint density at radius 3 is 2.70 bits per heavy atom. The minimum atomic E-state index is -0.304. The predicted octanol–water partition coefficient (Wildman–Crippen LogP) is 5.31. The number of imide groups is 1. The number of benzene rings is 1. The van der Waals surface area contributed by atoms with Crippen molar-refractivity contribution in [2.45, 2.75) is 6.92 Å². The number of halogens is 2. The summed E-state index contributed by atoms with van der Waals surface area (Å²) in [5, 5.41) is 0.793. The highest BCUT2D eigenvalue weighted by molar-refractivity contribution is 8.18. The molecule has 1 saturated heterocycles. The van der Waals surface area contributed by atoms with Gasteiger partial charge in [0, 0.05) is 23.2 Å². The molecule has 1 aromatic carbocycles. The van der Waals surface area contributed by atoms with Crippen LogP contribution in [0.5, 0.6) is 0 Å². The normalized spacial score (nSPS) is 16.7. The van der Waals surface area contributed by atoms with Crippen LogP contribution in [0.3, 0.4) is 0 Å². The number of carbonyl (C=O) groups is 2. The molecule has 1 aliphatic heterocycles. The van der Waals surface area contributed by atoms with Gasteiger partial charge in [0.25, 0.3) is 11.1 Å². The van der Waals surface area contributed by atoms with Crippen LogP contribution < -0.4 is 0 Å². The smallest absolute Gasteiger partial charge is 0.293 e. The van der Waals surface area contributed by atoms with Gasteiger partial charge in [-0.15, -0.1) is 0 Å². The van der Waals surface area contributed by atoms with Crippen LogP contribution in [0, 0.1) is 0 Å². The Morgan fingerprint density at radius 2 is 2.00 bits per heavy atom. The summed E-state index contributed by atoms with van der Waals surface area (Å²) in [6.07, 6.45) is 1.56. The number of thioether (sulfide) groups is 1. The molecule has 4 nitrogen and oxygen atoms in total. The summed E-state index contributed by atoms with van der Waals surface area (Å²) < 4.78 is 5.71. The van der Waals surface area contributed by atoms with Crippen LogP contribution in [-0.4, -0.2) is 22.6 Å². The molecule has 0 spiro atoms. The topological polar surface area (TPSA) is 50.5 Å². The summed E-state index contributed by atoms with van der Waals surface area (Å²) >= 11 is 13.0. The molecular weight excluding hydrogens is 357 g/mol. The fourth-order valence-electron chi connectivity index (χ4n) is 2.16. The van der Waals surface area contributed by atoms with E-state index in [-0.39, 0.29) is 11.1 Å². The summed E-state index contributed by atoms with van der Waals surface area (Å²) in [7, 11) is 0. The zero-order valence-corrected chi connectivity index (χ0v) is 14.3. The number of hydrogen-bond donors (Lipinski definition) is 0. The quantitative estimate of drug-likeness (QED) is 0.689. The lowest BCUT2D eigenvalue weighted by atomic mass is 10.2. The Hall–Kier alpha value is -1.69. The minimum absolute atomic E-state index is 0.270. The van der Waals surface area contributed by atoms with Crippen LogP contribution in [0.15, 0.2) is 39.7 Å². The standard InChI is InChI=1S/C16H11Cl2NO3S/c1-2-19-15(20)14(23-16(19)21)8-10-4-6-13(22-10)11-7-9(17)3-5-12(11)18/h3-8H,2H2,1H3/b14-8+. The van der Waals surface area contributed by atoms with E-state index in [9.17, 15) is 9.59 Å². The molecule has 0 atom stereocenters. The van der Waals surface area contributed by atoms with Crippen molar-refractivity contribution >= 4 is 52.2 Å².